The third-order valence-electron chi connectivity index (χ3n) is 9.87. The van der Waals surface area contributed by atoms with E-state index in [1.807, 2.05) is 18.2 Å². The molecule has 6 heteroatoms. The number of aromatic carboxylic acids is 1. The molecular weight excluding hydrogens is 462 g/mol. The zero-order valence-corrected chi connectivity index (χ0v) is 22.8. The van der Waals surface area contributed by atoms with E-state index in [-0.39, 0.29) is 5.69 Å². The average Bonchev–Trinajstić information content (AvgIpc) is 3.42. The number of rotatable bonds is 8. The van der Waals surface area contributed by atoms with E-state index in [1.165, 1.54) is 64.2 Å². The second kappa shape index (κ2) is 11.7. The van der Waals surface area contributed by atoms with Gasteiger partial charge in [0.05, 0.1) is 11.0 Å². The van der Waals surface area contributed by atoms with Crippen LogP contribution in [0.5, 0.6) is 0 Å². The molecule has 6 nitrogen and oxygen atoms in total. The van der Waals surface area contributed by atoms with Crippen molar-refractivity contribution in [2.45, 2.75) is 110 Å². The van der Waals surface area contributed by atoms with Gasteiger partial charge in [-0.2, -0.15) is 0 Å². The van der Waals surface area contributed by atoms with Crippen molar-refractivity contribution in [3.05, 3.63) is 40.3 Å². The molecule has 0 bridgehead atoms. The van der Waals surface area contributed by atoms with Crippen LogP contribution in [0.4, 0.5) is 0 Å². The van der Waals surface area contributed by atoms with Gasteiger partial charge in [0.15, 0.2) is 0 Å². The molecule has 1 N–H and O–H groups in total. The van der Waals surface area contributed by atoms with Crippen molar-refractivity contribution in [1.82, 2.24) is 14.5 Å². The van der Waals surface area contributed by atoms with Crippen molar-refractivity contribution in [1.29, 1.82) is 0 Å². The Balaban J connectivity index is 1.27. The second-order valence-electron chi connectivity index (χ2n) is 12.4. The van der Waals surface area contributed by atoms with Gasteiger partial charge in [-0.05, 0) is 94.2 Å². The van der Waals surface area contributed by atoms with Crippen LogP contribution in [-0.2, 0) is 6.54 Å². The number of nitrogens with zero attached hydrogens (tertiary/aromatic N) is 3. The molecule has 2 saturated carbocycles. The summed E-state index contributed by atoms with van der Waals surface area (Å²) in [7, 11) is 0. The number of aryl methyl sites for hydroxylation is 1. The van der Waals surface area contributed by atoms with Gasteiger partial charge in [0, 0.05) is 18.6 Å². The van der Waals surface area contributed by atoms with Gasteiger partial charge in [0.25, 0.3) is 5.56 Å². The molecule has 1 aromatic carbocycles. The van der Waals surface area contributed by atoms with E-state index in [0.717, 1.165) is 48.6 Å². The molecule has 202 valence electrons. The van der Waals surface area contributed by atoms with Gasteiger partial charge in [-0.1, -0.05) is 51.2 Å². The Kier molecular flexibility index (Phi) is 8.33. The van der Waals surface area contributed by atoms with Crippen molar-refractivity contribution >= 4 is 17.0 Å². The minimum Gasteiger partial charge on any atom is -0.476 e. The van der Waals surface area contributed by atoms with Crippen LogP contribution in [0.1, 0.15) is 101 Å². The molecule has 5 atom stereocenters. The van der Waals surface area contributed by atoms with Crippen LogP contribution in [-0.4, -0.2) is 44.2 Å². The standard InChI is InChI=1S/C31H45N3O3/c1-21-18-23(20-25(19-21)24-9-3-4-10-24)14-16-33-22(2)8-7-11-26(33)15-17-34-28-13-6-5-12-27(28)32-29(30(34)35)31(36)37/h5-6,12-13,21-26H,3-4,7-11,14-20H2,1-2H3,(H,36,37)/t21-,22+,23+,25+,26+/m1/s1. The topological polar surface area (TPSA) is 75.4 Å². The summed E-state index contributed by atoms with van der Waals surface area (Å²) in [4.78, 5) is 31.6. The maximum absolute atomic E-state index is 13.1. The molecule has 2 heterocycles. The zero-order valence-electron chi connectivity index (χ0n) is 22.8. The van der Waals surface area contributed by atoms with E-state index >= 15 is 0 Å². The fourth-order valence-corrected chi connectivity index (χ4v) is 8.07. The molecule has 5 rings (SSSR count). The lowest BCUT2D eigenvalue weighted by atomic mass is 9.69. The van der Waals surface area contributed by atoms with Gasteiger partial charge in [-0.25, -0.2) is 9.78 Å². The number of para-hydroxylation sites is 2. The summed E-state index contributed by atoms with van der Waals surface area (Å²) in [5, 5.41) is 9.56. The van der Waals surface area contributed by atoms with E-state index in [0.29, 0.717) is 24.1 Å². The molecule has 3 fully saturated rings. The number of carbonyl (C=O) groups is 1. The summed E-state index contributed by atoms with van der Waals surface area (Å²) in [5.74, 6) is 2.37. The largest absolute Gasteiger partial charge is 0.476 e. The summed E-state index contributed by atoms with van der Waals surface area (Å²) < 4.78 is 1.65. The van der Waals surface area contributed by atoms with E-state index in [4.69, 9.17) is 0 Å². The second-order valence-corrected chi connectivity index (χ2v) is 12.4. The Hall–Kier alpha value is -2.21. The number of aromatic nitrogens is 2. The monoisotopic (exact) mass is 507 g/mol. The van der Waals surface area contributed by atoms with Crippen LogP contribution in [0.25, 0.3) is 11.0 Å². The molecular formula is C31H45N3O3. The summed E-state index contributed by atoms with van der Waals surface area (Å²) >= 11 is 0. The lowest BCUT2D eigenvalue weighted by Crippen LogP contribution is -2.47. The Morgan fingerprint density at radius 3 is 2.51 bits per heavy atom. The fourth-order valence-electron chi connectivity index (χ4n) is 8.07. The van der Waals surface area contributed by atoms with Crippen LogP contribution in [0.3, 0.4) is 0 Å². The Labute approximate surface area is 221 Å². The highest BCUT2D eigenvalue weighted by Crippen LogP contribution is 2.44. The van der Waals surface area contributed by atoms with Gasteiger partial charge >= 0.3 is 5.97 Å². The maximum atomic E-state index is 13.1. The molecule has 37 heavy (non-hydrogen) atoms. The molecule has 2 aromatic rings. The highest BCUT2D eigenvalue weighted by Gasteiger charge is 2.34. The molecule has 2 aliphatic carbocycles. The smallest absolute Gasteiger partial charge is 0.360 e. The number of benzene rings is 1. The summed E-state index contributed by atoms with van der Waals surface area (Å²) in [6.45, 7) is 6.52. The lowest BCUT2D eigenvalue weighted by Gasteiger charge is -2.43. The van der Waals surface area contributed by atoms with Gasteiger partial charge in [-0.15, -0.1) is 0 Å². The van der Waals surface area contributed by atoms with Gasteiger partial charge in [0.2, 0.25) is 5.69 Å². The number of fused-ring (bicyclic) bond motifs is 1. The quantitative estimate of drug-likeness (QED) is 0.450. The average molecular weight is 508 g/mol. The Morgan fingerprint density at radius 2 is 1.73 bits per heavy atom. The number of hydrogen-bond acceptors (Lipinski definition) is 4. The normalized spacial score (nSPS) is 29.6. The molecule has 3 aliphatic rings. The lowest BCUT2D eigenvalue weighted by molar-refractivity contribution is 0.0657. The van der Waals surface area contributed by atoms with Gasteiger partial charge in [-0.3, -0.25) is 9.69 Å². The fraction of sp³-hybridized carbons (Fsp3) is 0.710. The number of carboxylic acid groups (broad SMARTS) is 1. The van der Waals surface area contributed by atoms with Crippen LogP contribution in [0.15, 0.2) is 29.1 Å². The number of carboxylic acids is 1. The van der Waals surface area contributed by atoms with Crippen LogP contribution in [0.2, 0.25) is 0 Å². The molecule has 1 aromatic heterocycles. The van der Waals surface area contributed by atoms with Crippen LogP contribution < -0.4 is 5.56 Å². The SMILES string of the molecule is C[C@@H]1C[C@H](CCN2[C@H](CCn3c(=O)c(C(=O)O)nc4ccccc43)CCC[C@@H]2C)C[C@@H](C2CCCC2)C1. The molecule has 0 amide bonds. The van der Waals surface area contributed by atoms with E-state index in [1.54, 1.807) is 10.6 Å². The zero-order chi connectivity index (χ0) is 25.9. The molecule has 1 saturated heterocycles. The Bertz CT molecular complexity index is 1140. The van der Waals surface area contributed by atoms with Gasteiger partial charge in [0.1, 0.15) is 0 Å². The predicted molar refractivity (Wildman–Crippen MR) is 148 cm³/mol. The third kappa shape index (κ3) is 5.94. The molecule has 0 unspecified atom stereocenters. The van der Waals surface area contributed by atoms with Crippen LogP contribution in [0, 0.1) is 23.7 Å². The molecule has 1 aliphatic heterocycles. The molecule has 0 spiro atoms. The first kappa shape index (κ1) is 26.4. The third-order valence-corrected chi connectivity index (χ3v) is 9.87. The summed E-state index contributed by atoms with van der Waals surface area (Å²) in [6, 6.07) is 8.38. The van der Waals surface area contributed by atoms with Gasteiger partial charge < -0.3 is 9.67 Å². The first-order chi connectivity index (χ1) is 17.9. The predicted octanol–water partition coefficient (Wildman–Crippen LogP) is 6.36. The first-order valence-electron chi connectivity index (χ1n) is 14.9. The highest BCUT2D eigenvalue weighted by molar-refractivity contribution is 5.88. The minimum absolute atomic E-state index is 0.379. The highest BCUT2D eigenvalue weighted by atomic mass is 16.4. The van der Waals surface area contributed by atoms with Crippen molar-refractivity contribution in [2.75, 3.05) is 6.54 Å². The van der Waals surface area contributed by atoms with Crippen molar-refractivity contribution in [2.24, 2.45) is 23.7 Å². The van der Waals surface area contributed by atoms with E-state index in [9.17, 15) is 14.7 Å². The van der Waals surface area contributed by atoms with Crippen molar-refractivity contribution in [3.63, 3.8) is 0 Å². The number of piperidine rings is 1. The number of likely N-dealkylation sites (tertiary alicyclic amines) is 1. The Morgan fingerprint density at radius 1 is 0.946 bits per heavy atom. The summed E-state index contributed by atoms with van der Waals surface area (Å²) in [6.07, 6.45) is 15.8. The maximum Gasteiger partial charge on any atom is 0.360 e. The van der Waals surface area contributed by atoms with E-state index in [2.05, 4.69) is 23.7 Å². The van der Waals surface area contributed by atoms with Crippen molar-refractivity contribution < 1.29 is 9.90 Å². The van der Waals surface area contributed by atoms with Crippen molar-refractivity contribution in [3.8, 4) is 0 Å². The van der Waals surface area contributed by atoms with Crippen LogP contribution >= 0.6 is 0 Å². The minimum atomic E-state index is -1.25. The van der Waals surface area contributed by atoms with E-state index < -0.39 is 11.5 Å². The summed E-state index contributed by atoms with van der Waals surface area (Å²) in [5.41, 5.74) is 0.421. The first-order valence-corrected chi connectivity index (χ1v) is 14.9. The molecule has 0 radical (unpaired) electrons. The number of hydrogen-bond donors (Lipinski definition) is 1.